The SMILES string of the molecule is C=C(/C=C(/Cl)C(=N)CC)C(F)(F)F. The molecule has 0 aromatic carbocycles. The van der Waals surface area contributed by atoms with E-state index in [0.717, 1.165) is 0 Å². The lowest BCUT2D eigenvalue weighted by Crippen LogP contribution is -2.09. The molecule has 74 valence electrons. The van der Waals surface area contributed by atoms with Crippen LogP contribution in [0.1, 0.15) is 13.3 Å². The van der Waals surface area contributed by atoms with Gasteiger partial charge in [0.25, 0.3) is 0 Å². The molecule has 0 heterocycles. The first kappa shape index (κ1) is 12.2. The summed E-state index contributed by atoms with van der Waals surface area (Å²) in [5.41, 5.74) is -1.08. The third-order valence-corrected chi connectivity index (χ3v) is 1.64. The second kappa shape index (κ2) is 4.46. The van der Waals surface area contributed by atoms with E-state index in [4.69, 9.17) is 17.0 Å². The summed E-state index contributed by atoms with van der Waals surface area (Å²) in [7, 11) is 0. The van der Waals surface area contributed by atoms with E-state index in [2.05, 4.69) is 6.58 Å². The summed E-state index contributed by atoms with van der Waals surface area (Å²) in [6.07, 6.45) is -3.53. The van der Waals surface area contributed by atoms with Gasteiger partial charge in [-0.15, -0.1) is 0 Å². The van der Waals surface area contributed by atoms with Crippen molar-refractivity contribution in [3.05, 3.63) is 23.3 Å². The molecule has 13 heavy (non-hydrogen) atoms. The Bertz CT molecular complexity index is 253. The first-order valence-electron chi connectivity index (χ1n) is 3.50. The molecular weight excluding hydrogens is 203 g/mol. The molecule has 5 heteroatoms. The zero-order chi connectivity index (χ0) is 10.6. The molecule has 0 aromatic heterocycles. The minimum absolute atomic E-state index is 0.0351. The minimum Gasteiger partial charge on any atom is -0.304 e. The van der Waals surface area contributed by atoms with Crippen LogP contribution in [0.3, 0.4) is 0 Å². The smallest absolute Gasteiger partial charge is 0.304 e. The van der Waals surface area contributed by atoms with Crippen LogP contribution in [0.4, 0.5) is 13.2 Å². The van der Waals surface area contributed by atoms with Crippen LogP contribution >= 0.6 is 11.6 Å². The van der Waals surface area contributed by atoms with Gasteiger partial charge >= 0.3 is 6.18 Å². The van der Waals surface area contributed by atoms with Crippen molar-refractivity contribution in [2.24, 2.45) is 0 Å². The lowest BCUT2D eigenvalue weighted by Gasteiger charge is -2.06. The fourth-order valence-corrected chi connectivity index (χ4v) is 0.756. The highest BCUT2D eigenvalue weighted by atomic mass is 35.5. The topological polar surface area (TPSA) is 23.9 Å². The van der Waals surface area contributed by atoms with E-state index in [1.54, 1.807) is 6.92 Å². The van der Waals surface area contributed by atoms with Gasteiger partial charge in [-0.2, -0.15) is 13.2 Å². The predicted octanol–water partition coefficient (Wildman–Crippen LogP) is 3.66. The lowest BCUT2D eigenvalue weighted by molar-refractivity contribution is -0.0878. The van der Waals surface area contributed by atoms with Crippen molar-refractivity contribution in [3.63, 3.8) is 0 Å². The van der Waals surface area contributed by atoms with E-state index < -0.39 is 11.7 Å². The first-order chi connectivity index (χ1) is 5.79. The molecular formula is C8H9ClF3N. The van der Waals surface area contributed by atoms with Gasteiger partial charge in [-0.3, -0.25) is 0 Å². The number of hydrogen-bond acceptors (Lipinski definition) is 1. The number of hydrogen-bond donors (Lipinski definition) is 1. The largest absolute Gasteiger partial charge is 0.415 e. The summed E-state index contributed by atoms with van der Waals surface area (Å²) in [5.74, 6) is 0. The highest BCUT2D eigenvalue weighted by Gasteiger charge is 2.30. The highest BCUT2D eigenvalue weighted by Crippen LogP contribution is 2.26. The second-order valence-corrected chi connectivity index (χ2v) is 2.75. The lowest BCUT2D eigenvalue weighted by atomic mass is 10.2. The Morgan fingerprint density at radius 1 is 1.54 bits per heavy atom. The van der Waals surface area contributed by atoms with Crippen LogP contribution in [0, 0.1) is 5.41 Å². The molecule has 0 saturated carbocycles. The molecule has 0 radical (unpaired) electrons. The van der Waals surface area contributed by atoms with Gasteiger partial charge in [0, 0.05) is 11.3 Å². The van der Waals surface area contributed by atoms with Crippen LogP contribution in [-0.2, 0) is 0 Å². The van der Waals surface area contributed by atoms with Gasteiger partial charge in [0.15, 0.2) is 0 Å². The van der Waals surface area contributed by atoms with Crippen molar-refractivity contribution in [3.8, 4) is 0 Å². The molecule has 0 rings (SSSR count). The van der Waals surface area contributed by atoms with E-state index >= 15 is 0 Å². The summed E-state index contributed by atoms with van der Waals surface area (Å²) in [6, 6.07) is 0. The summed E-state index contributed by atoms with van der Waals surface area (Å²) >= 11 is 5.41. The predicted molar refractivity (Wildman–Crippen MR) is 47.1 cm³/mol. The van der Waals surface area contributed by atoms with Crippen LogP contribution < -0.4 is 0 Å². The summed E-state index contributed by atoms with van der Waals surface area (Å²) < 4.78 is 35.7. The maximum absolute atomic E-state index is 11.9. The van der Waals surface area contributed by atoms with Crippen molar-refractivity contribution in [2.75, 3.05) is 0 Å². The molecule has 0 saturated heterocycles. The molecule has 0 spiro atoms. The van der Waals surface area contributed by atoms with Gasteiger partial charge in [-0.05, 0) is 12.5 Å². The van der Waals surface area contributed by atoms with Crippen LogP contribution in [0.25, 0.3) is 0 Å². The minimum atomic E-state index is -4.48. The second-order valence-electron chi connectivity index (χ2n) is 2.35. The van der Waals surface area contributed by atoms with Crippen LogP contribution in [-0.4, -0.2) is 11.9 Å². The fourth-order valence-electron chi connectivity index (χ4n) is 0.491. The zero-order valence-corrected chi connectivity index (χ0v) is 7.76. The molecule has 0 aliphatic heterocycles. The van der Waals surface area contributed by atoms with Gasteiger partial charge in [-0.1, -0.05) is 25.1 Å². The molecule has 0 atom stereocenters. The van der Waals surface area contributed by atoms with Crippen LogP contribution in [0.5, 0.6) is 0 Å². The van der Waals surface area contributed by atoms with Crippen molar-refractivity contribution in [1.82, 2.24) is 0 Å². The van der Waals surface area contributed by atoms with Crippen LogP contribution in [0.2, 0.25) is 0 Å². The first-order valence-corrected chi connectivity index (χ1v) is 3.88. The number of halogens is 4. The average Bonchev–Trinajstić information content (AvgIpc) is 2.01. The fraction of sp³-hybridized carbons (Fsp3) is 0.375. The van der Waals surface area contributed by atoms with Gasteiger partial charge < -0.3 is 5.41 Å². The van der Waals surface area contributed by atoms with Crippen molar-refractivity contribution in [2.45, 2.75) is 19.5 Å². The third-order valence-electron chi connectivity index (χ3n) is 1.31. The van der Waals surface area contributed by atoms with Gasteiger partial charge in [0.05, 0.1) is 5.03 Å². The number of rotatable bonds is 3. The molecule has 0 aliphatic carbocycles. The van der Waals surface area contributed by atoms with Crippen molar-refractivity contribution >= 4 is 17.3 Å². The monoisotopic (exact) mass is 211 g/mol. The van der Waals surface area contributed by atoms with Crippen LogP contribution in [0.15, 0.2) is 23.3 Å². The zero-order valence-electron chi connectivity index (χ0n) is 7.00. The third kappa shape index (κ3) is 4.12. The van der Waals surface area contributed by atoms with E-state index in [1.807, 2.05) is 0 Å². The van der Waals surface area contributed by atoms with E-state index in [9.17, 15) is 13.2 Å². The highest BCUT2D eigenvalue weighted by molar-refractivity contribution is 6.43. The Kier molecular flexibility index (Phi) is 4.20. The van der Waals surface area contributed by atoms with Crippen molar-refractivity contribution < 1.29 is 13.2 Å². The molecule has 1 nitrogen and oxygen atoms in total. The Morgan fingerprint density at radius 2 is 2.00 bits per heavy atom. The Hall–Kier alpha value is -0.770. The molecule has 0 bridgehead atoms. The molecule has 1 N–H and O–H groups in total. The average molecular weight is 212 g/mol. The summed E-state index contributed by atoms with van der Waals surface area (Å²) in [4.78, 5) is 0. The molecule has 0 aliphatic rings. The van der Waals surface area contributed by atoms with Gasteiger partial charge in [0.2, 0.25) is 0 Å². The van der Waals surface area contributed by atoms with E-state index in [1.165, 1.54) is 0 Å². The molecule has 0 aromatic rings. The molecule has 0 fully saturated rings. The summed E-state index contributed by atoms with van der Waals surface area (Å²) in [5, 5.41) is 6.91. The van der Waals surface area contributed by atoms with Gasteiger partial charge in [0.1, 0.15) is 0 Å². The molecule has 0 amide bonds. The maximum Gasteiger partial charge on any atom is 0.415 e. The Balaban J connectivity index is 4.59. The van der Waals surface area contributed by atoms with E-state index in [-0.39, 0.29) is 10.7 Å². The summed E-state index contributed by atoms with van der Waals surface area (Å²) in [6.45, 7) is 4.43. The Morgan fingerprint density at radius 3 is 2.31 bits per heavy atom. The maximum atomic E-state index is 11.9. The molecule has 0 unspecified atom stereocenters. The number of nitrogens with one attached hydrogen (secondary N) is 1. The van der Waals surface area contributed by atoms with E-state index in [0.29, 0.717) is 12.5 Å². The standard InChI is InChI=1S/C8H9ClF3N/c1-3-7(13)6(9)4-5(2)8(10,11)12/h4,13H,2-3H2,1H3/b6-4+,13-7?. The quantitative estimate of drug-likeness (QED) is 0.544. The normalized spacial score (nSPS) is 12.8. The van der Waals surface area contributed by atoms with Gasteiger partial charge in [-0.25, -0.2) is 0 Å². The Labute approximate surface area is 79.4 Å². The number of allylic oxidation sites excluding steroid dienone is 3. The van der Waals surface area contributed by atoms with Crippen molar-refractivity contribution in [1.29, 1.82) is 5.41 Å². The number of alkyl halides is 3.